The van der Waals surface area contributed by atoms with E-state index in [-0.39, 0.29) is 31.3 Å². The molecular weight excluding hydrogens is 334 g/mol. The Morgan fingerprint density at radius 2 is 1.81 bits per heavy atom. The number of nitrogens with one attached hydrogen (secondary N) is 1. The van der Waals surface area contributed by atoms with Gasteiger partial charge in [0.1, 0.15) is 5.75 Å². The zero-order chi connectivity index (χ0) is 18.9. The number of ether oxygens (including phenoxy) is 2. The molecule has 26 heavy (non-hydrogen) atoms. The highest BCUT2D eigenvalue weighted by Crippen LogP contribution is 2.13. The van der Waals surface area contributed by atoms with Gasteiger partial charge in [0.05, 0.1) is 13.5 Å². The summed E-state index contributed by atoms with van der Waals surface area (Å²) in [7, 11) is 1.51. The largest absolute Gasteiger partial charge is 0.497 e. The van der Waals surface area contributed by atoms with Crippen LogP contribution < -0.4 is 10.1 Å². The first-order chi connectivity index (χ1) is 12.5. The Morgan fingerprint density at radius 1 is 1.04 bits per heavy atom. The van der Waals surface area contributed by atoms with Gasteiger partial charge in [-0.05, 0) is 30.7 Å². The maximum absolute atomic E-state index is 12.0. The SMILES string of the molecule is COc1cccc(C(=O)COC(=O)CCNC(=O)c2ccccc2C)c1. The fraction of sp³-hybridized carbons (Fsp3) is 0.250. The van der Waals surface area contributed by atoms with Gasteiger partial charge in [-0.15, -0.1) is 0 Å². The van der Waals surface area contributed by atoms with Gasteiger partial charge >= 0.3 is 5.97 Å². The van der Waals surface area contributed by atoms with Crippen molar-refractivity contribution in [1.82, 2.24) is 5.32 Å². The fourth-order valence-corrected chi connectivity index (χ4v) is 2.30. The third-order valence-corrected chi connectivity index (χ3v) is 3.76. The smallest absolute Gasteiger partial charge is 0.308 e. The Kier molecular flexibility index (Phi) is 6.91. The number of methoxy groups -OCH3 is 1. The van der Waals surface area contributed by atoms with Gasteiger partial charge in [-0.3, -0.25) is 14.4 Å². The van der Waals surface area contributed by atoms with Gasteiger partial charge in [-0.25, -0.2) is 0 Å². The van der Waals surface area contributed by atoms with Crippen LogP contribution in [0.25, 0.3) is 0 Å². The summed E-state index contributed by atoms with van der Waals surface area (Å²) in [5.74, 6) is -0.558. The second kappa shape index (κ2) is 9.36. The van der Waals surface area contributed by atoms with E-state index in [2.05, 4.69) is 5.32 Å². The zero-order valence-corrected chi connectivity index (χ0v) is 14.8. The van der Waals surface area contributed by atoms with E-state index in [0.717, 1.165) is 5.56 Å². The molecule has 2 rings (SSSR count). The third kappa shape index (κ3) is 5.44. The van der Waals surface area contributed by atoms with Crippen LogP contribution in [-0.4, -0.2) is 37.9 Å². The summed E-state index contributed by atoms with van der Waals surface area (Å²) in [4.78, 5) is 35.8. The molecule has 136 valence electrons. The Labute approximate surface area is 152 Å². The molecule has 0 heterocycles. The lowest BCUT2D eigenvalue weighted by Gasteiger charge is -2.08. The number of carbonyl (C=O) groups is 3. The average Bonchev–Trinajstić information content (AvgIpc) is 2.66. The molecule has 0 saturated heterocycles. The standard InChI is InChI=1S/C20H21NO5/c1-14-6-3-4-9-17(14)20(24)21-11-10-19(23)26-13-18(22)15-7-5-8-16(12-15)25-2/h3-9,12H,10-11,13H2,1-2H3,(H,21,24). The number of Topliss-reactive ketones (excluding diaryl/α,β-unsaturated/α-hetero) is 1. The lowest BCUT2D eigenvalue weighted by molar-refractivity contribution is -0.142. The number of hydrogen-bond donors (Lipinski definition) is 1. The van der Waals surface area contributed by atoms with E-state index in [1.165, 1.54) is 7.11 Å². The van der Waals surface area contributed by atoms with E-state index in [0.29, 0.717) is 16.9 Å². The first-order valence-corrected chi connectivity index (χ1v) is 8.18. The van der Waals surface area contributed by atoms with Gasteiger partial charge in [-0.2, -0.15) is 0 Å². The maximum Gasteiger partial charge on any atom is 0.308 e. The van der Waals surface area contributed by atoms with Crippen LogP contribution in [0.15, 0.2) is 48.5 Å². The first kappa shape index (κ1) is 19.2. The molecule has 0 aliphatic heterocycles. The number of aryl methyl sites for hydroxylation is 1. The molecule has 0 unspecified atom stereocenters. The van der Waals surface area contributed by atoms with E-state index in [1.54, 1.807) is 36.4 Å². The molecule has 0 aliphatic carbocycles. The van der Waals surface area contributed by atoms with Gasteiger partial charge in [0, 0.05) is 17.7 Å². The van der Waals surface area contributed by atoms with Crippen LogP contribution in [0.3, 0.4) is 0 Å². The highest BCUT2D eigenvalue weighted by molar-refractivity contribution is 5.98. The number of carbonyl (C=O) groups excluding carboxylic acids is 3. The minimum absolute atomic E-state index is 0.0109. The molecule has 2 aromatic rings. The van der Waals surface area contributed by atoms with Crippen LogP contribution >= 0.6 is 0 Å². The number of benzene rings is 2. The van der Waals surface area contributed by atoms with Crippen molar-refractivity contribution >= 4 is 17.7 Å². The Bertz CT molecular complexity index is 800. The number of hydrogen-bond acceptors (Lipinski definition) is 5. The lowest BCUT2D eigenvalue weighted by Crippen LogP contribution is -2.27. The van der Waals surface area contributed by atoms with Crippen molar-refractivity contribution in [2.45, 2.75) is 13.3 Å². The van der Waals surface area contributed by atoms with Crippen molar-refractivity contribution in [1.29, 1.82) is 0 Å². The molecular formula is C20H21NO5. The predicted octanol–water partition coefficient (Wildman–Crippen LogP) is 2.55. The van der Waals surface area contributed by atoms with E-state index >= 15 is 0 Å². The Morgan fingerprint density at radius 3 is 2.54 bits per heavy atom. The quantitative estimate of drug-likeness (QED) is 0.581. The molecule has 1 amide bonds. The van der Waals surface area contributed by atoms with Crippen molar-refractivity contribution in [2.75, 3.05) is 20.3 Å². The van der Waals surface area contributed by atoms with Crippen LogP contribution in [-0.2, 0) is 9.53 Å². The molecule has 0 bridgehead atoms. The van der Waals surface area contributed by atoms with Crippen LogP contribution in [0.2, 0.25) is 0 Å². The lowest BCUT2D eigenvalue weighted by atomic mass is 10.1. The highest BCUT2D eigenvalue weighted by Gasteiger charge is 2.12. The minimum Gasteiger partial charge on any atom is -0.497 e. The zero-order valence-electron chi connectivity index (χ0n) is 14.8. The minimum atomic E-state index is -0.550. The Hall–Kier alpha value is -3.15. The van der Waals surface area contributed by atoms with Crippen molar-refractivity contribution in [3.05, 3.63) is 65.2 Å². The van der Waals surface area contributed by atoms with Crippen molar-refractivity contribution < 1.29 is 23.9 Å². The number of ketones is 1. The first-order valence-electron chi connectivity index (χ1n) is 8.18. The van der Waals surface area contributed by atoms with E-state index < -0.39 is 5.97 Å². The fourth-order valence-electron chi connectivity index (χ4n) is 2.30. The monoisotopic (exact) mass is 355 g/mol. The summed E-state index contributed by atoms with van der Waals surface area (Å²) in [6.45, 7) is 1.63. The van der Waals surface area contributed by atoms with Gasteiger partial charge in [0.15, 0.2) is 12.4 Å². The molecule has 6 heteroatoms. The predicted molar refractivity (Wildman–Crippen MR) is 96.4 cm³/mol. The molecule has 2 aromatic carbocycles. The maximum atomic E-state index is 12.0. The van der Waals surface area contributed by atoms with Gasteiger partial charge in [-0.1, -0.05) is 30.3 Å². The van der Waals surface area contributed by atoms with Crippen molar-refractivity contribution in [3.8, 4) is 5.75 Å². The van der Waals surface area contributed by atoms with Gasteiger partial charge in [0.2, 0.25) is 0 Å². The number of rotatable bonds is 8. The van der Waals surface area contributed by atoms with Crippen LogP contribution in [0.4, 0.5) is 0 Å². The second-order valence-corrected chi connectivity index (χ2v) is 5.64. The molecule has 0 aliphatic rings. The molecule has 6 nitrogen and oxygen atoms in total. The molecule has 0 saturated carbocycles. The molecule has 0 aromatic heterocycles. The topological polar surface area (TPSA) is 81.7 Å². The van der Waals surface area contributed by atoms with E-state index in [1.807, 2.05) is 19.1 Å². The molecule has 0 fully saturated rings. The summed E-state index contributed by atoms with van der Waals surface area (Å²) in [5, 5.41) is 2.66. The molecule has 0 atom stereocenters. The third-order valence-electron chi connectivity index (χ3n) is 3.76. The van der Waals surface area contributed by atoms with E-state index in [9.17, 15) is 14.4 Å². The van der Waals surface area contributed by atoms with Crippen molar-refractivity contribution in [3.63, 3.8) is 0 Å². The summed E-state index contributed by atoms with van der Waals surface area (Å²) in [6.07, 6.45) is -0.0109. The number of amides is 1. The Balaban J connectivity index is 1.74. The average molecular weight is 355 g/mol. The molecule has 0 spiro atoms. The summed E-state index contributed by atoms with van der Waals surface area (Å²) < 4.78 is 10.0. The number of esters is 1. The van der Waals surface area contributed by atoms with Crippen LogP contribution in [0.5, 0.6) is 5.75 Å². The summed E-state index contributed by atoms with van der Waals surface area (Å²) in [6, 6.07) is 13.8. The van der Waals surface area contributed by atoms with Gasteiger partial charge in [0.25, 0.3) is 5.91 Å². The highest BCUT2D eigenvalue weighted by atomic mass is 16.5. The molecule has 0 radical (unpaired) electrons. The van der Waals surface area contributed by atoms with Gasteiger partial charge < -0.3 is 14.8 Å². The molecule has 1 N–H and O–H groups in total. The van der Waals surface area contributed by atoms with Crippen LogP contribution in [0.1, 0.15) is 32.7 Å². The van der Waals surface area contributed by atoms with Crippen LogP contribution in [0, 0.1) is 6.92 Å². The summed E-state index contributed by atoms with van der Waals surface area (Å²) >= 11 is 0. The van der Waals surface area contributed by atoms with E-state index in [4.69, 9.17) is 9.47 Å². The summed E-state index contributed by atoms with van der Waals surface area (Å²) in [5.41, 5.74) is 1.83. The normalized spacial score (nSPS) is 10.1. The second-order valence-electron chi connectivity index (χ2n) is 5.64. The van der Waals surface area contributed by atoms with Crippen molar-refractivity contribution in [2.24, 2.45) is 0 Å².